The largest absolute Gasteiger partial charge is 0.490 e. The second kappa shape index (κ2) is 6.91. The summed E-state index contributed by atoms with van der Waals surface area (Å²) in [6.07, 6.45) is 3.75. The second-order valence-electron chi connectivity index (χ2n) is 7.27. The molecule has 122 valence electrons. The molecule has 1 saturated heterocycles. The molecule has 3 nitrogen and oxygen atoms in total. The maximum absolute atomic E-state index is 5.68. The molecule has 3 unspecified atom stereocenters. The maximum atomic E-state index is 5.68. The van der Waals surface area contributed by atoms with E-state index in [2.05, 4.69) is 49.2 Å². The summed E-state index contributed by atoms with van der Waals surface area (Å²) in [7, 11) is 0. The molecule has 2 aliphatic heterocycles. The van der Waals surface area contributed by atoms with Crippen molar-refractivity contribution in [1.82, 2.24) is 4.90 Å². The summed E-state index contributed by atoms with van der Waals surface area (Å²) in [5, 5.41) is 3.45. The highest BCUT2D eigenvalue weighted by atomic mass is 16.5. The Bertz CT molecular complexity index is 492. The van der Waals surface area contributed by atoms with Crippen LogP contribution < -0.4 is 10.1 Å². The first-order valence-electron chi connectivity index (χ1n) is 8.89. The predicted octanol–water partition coefficient (Wildman–Crippen LogP) is 3.79. The summed E-state index contributed by atoms with van der Waals surface area (Å²) >= 11 is 0. The average molecular weight is 302 g/mol. The molecule has 0 bridgehead atoms. The van der Waals surface area contributed by atoms with E-state index in [0.717, 1.165) is 37.2 Å². The van der Waals surface area contributed by atoms with Gasteiger partial charge in [-0.25, -0.2) is 0 Å². The minimum absolute atomic E-state index is 0.660. The maximum Gasteiger partial charge on any atom is 0.142 e. The van der Waals surface area contributed by atoms with E-state index < -0.39 is 0 Å². The minimum atomic E-state index is 0.660. The lowest BCUT2D eigenvalue weighted by molar-refractivity contribution is 0.0928. The molecule has 1 N–H and O–H groups in total. The zero-order chi connectivity index (χ0) is 15.5. The Morgan fingerprint density at radius 1 is 1.27 bits per heavy atom. The van der Waals surface area contributed by atoms with Crippen molar-refractivity contribution < 1.29 is 4.74 Å². The normalized spacial score (nSPS) is 26.7. The Balaban J connectivity index is 1.69. The van der Waals surface area contributed by atoms with Crippen LogP contribution in [-0.4, -0.2) is 37.2 Å². The Labute approximate surface area is 135 Å². The molecule has 1 fully saturated rings. The number of anilines is 1. The van der Waals surface area contributed by atoms with Crippen LogP contribution in [-0.2, 0) is 6.42 Å². The molecule has 2 aliphatic rings. The van der Waals surface area contributed by atoms with Crippen molar-refractivity contribution in [3.8, 4) is 5.75 Å². The standard InChI is InChI=1S/C19H30N2O/c1-4-17(21-12-14(2)9-15(3)13-21)10-16-5-6-19-18(11-16)20-7-8-22-19/h5-6,11,14-15,17,20H,4,7-10,12-13H2,1-3H3. The van der Waals surface area contributed by atoms with E-state index in [1.807, 2.05) is 0 Å². The molecule has 2 heterocycles. The summed E-state index contributed by atoms with van der Waals surface area (Å²) in [6, 6.07) is 7.32. The van der Waals surface area contributed by atoms with Crippen molar-refractivity contribution in [2.24, 2.45) is 11.8 Å². The number of piperidine rings is 1. The van der Waals surface area contributed by atoms with Crippen LogP contribution in [0.15, 0.2) is 18.2 Å². The number of hydrogen-bond acceptors (Lipinski definition) is 3. The van der Waals surface area contributed by atoms with E-state index in [1.54, 1.807) is 0 Å². The predicted molar refractivity (Wildman–Crippen MR) is 92.7 cm³/mol. The van der Waals surface area contributed by atoms with Gasteiger partial charge in [-0.05, 0) is 48.8 Å². The van der Waals surface area contributed by atoms with E-state index in [0.29, 0.717) is 6.04 Å². The van der Waals surface area contributed by atoms with E-state index in [9.17, 15) is 0 Å². The average Bonchev–Trinajstić information content (AvgIpc) is 2.51. The lowest BCUT2D eigenvalue weighted by Crippen LogP contribution is -2.45. The molecule has 0 aromatic heterocycles. The number of fused-ring (bicyclic) bond motifs is 1. The van der Waals surface area contributed by atoms with Crippen LogP contribution in [0.4, 0.5) is 5.69 Å². The Morgan fingerprint density at radius 3 is 2.77 bits per heavy atom. The topological polar surface area (TPSA) is 24.5 Å². The molecular weight excluding hydrogens is 272 g/mol. The number of nitrogens with zero attached hydrogens (tertiary/aromatic N) is 1. The van der Waals surface area contributed by atoms with Crippen LogP contribution in [0.3, 0.4) is 0 Å². The van der Waals surface area contributed by atoms with Crippen LogP contribution in [0, 0.1) is 11.8 Å². The second-order valence-corrected chi connectivity index (χ2v) is 7.27. The van der Waals surface area contributed by atoms with E-state index in [-0.39, 0.29) is 0 Å². The number of ether oxygens (including phenoxy) is 1. The third-order valence-corrected chi connectivity index (χ3v) is 5.08. The Hall–Kier alpha value is -1.22. The molecular formula is C19H30N2O. The molecule has 0 spiro atoms. The van der Waals surface area contributed by atoms with Crippen molar-refractivity contribution in [2.75, 3.05) is 31.6 Å². The van der Waals surface area contributed by atoms with Gasteiger partial charge in [-0.15, -0.1) is 0 Å². The van der Waals surface area contributed by atoms with E-state index in [4.69, 9.17) is 4.74 Å². The first-order valence-corrected chi connectivity index (χ1v) is 8.89. The fourth-order valence-electron chi connectivity index (χ4n) is 4.13. The summed E-state index contributed by atoms with van der Waals surface area (Å²) in [5.74, 6) is 2.66. The van der Waals surface area contributed by atoms with Gasteiger partial charge in [0, 0.05) is 25.7 Å². The fourth-order valence-corrected chi connectivity index (χ4v) is 4.13. The highest BCUT2D eigenvalue weighted by Gasteiger charge is 2.26. The van der Waals surface area contributed by atoms with Gasteiger partial charge >= 0.3 is 0 Å². The zero-order valence-corrected chi connectivity index (χ0v) is 14.3. The first kappa shape index (κ1) is 15.7. The SMILES string of the molecule is CCC(Cc1ccc2c(c1)NCCO2)N1CC(C)CC(C)C1. The van der Waals surface area contributed by atoms with Gasteiger partial charge in [0.05, 0.1) is 5.69 Å². The van der Waals surface area contributed by atoms with Gasteiger partial charge in [-0.1, -0.05) is 26.8 Å². The molecule has 3 heteroatoms. The van der Waals surface area contributed by atoms with Gasteiger partial charge in [0.15, 0.2) is 0 Å². The van der Waals surface area contributed by atoms with Crippen LogP contribution >= 0.6 is 0 Å². The molecule has 0 aliphatic carbocycles. The number of hydrogen-bond donors (Lipinski definition) is 1. The molecule has 3 atom stereocenters. The lowest BCUT2D eigenvalue weighted by Gasteiger charge is -2.40. The molecule has 3 rings (SSSR count). The van der Waals surface area contributed by atoms with E-state index in [1.165, 1.54) is 37.2 Å². The number of rotatable bonds is 4. The molecule has 0 radical (unpaired) electrons. The van der Waals surface area contributed by atoms with Crippen molar-refractivity contribution in [2.45, 2.75) is 46.1 Å². The molecule has 1 aromatic carbocycles. The lowest BCUT2D eigenvalue weighted by atomic mass is 9.89. The zero-order valence-electron chi connectivity index (χ0n) is 14.3. The highest BCUT2D eigenvalue weighted by Crippen LogP contribution is 2.30. The van der Waals surface area contributed by atoms with Crippen molar-refractivity contribution in [1.29, 1.82) is 0 Å². The van der Waals surface area contributed by atoms with Gasteiger partial charge in [0.25, 0.3) is 0 Å². The molecule has 22 heavy (non-hydrogen) atoms. The molecule has 1 aromatic rings. The van der Waals surface area contributed by atoms with Gasteiger partial charge < -0.3 is 10.1 Å². The monoisotopic (exact) mass is 302 g/mol. The quantitative estimate of drug-likeness (QED) is 0.916. The summed E-state index contributed by atoms with van der Waals surface area (Å²) < 4.78 is 5.68. The van der Waals surface area contributed by atoms with Crippen LogP contribution in [0.5, 0.6) is 5.75 Å². The van der Waals surface area contributed by atoms with Crippen molar-refractivity contribution in [3.05, 3.63) is 23.8 Å². The minimum Gasteiger partial charge on any atom is -0.490 e. The fraction of sp³-hybridized carbons (Fsp3) is 0.684. The van der Waals surface area contributed by atoms with Crippen LogP contribution in [0.2, 0.25) is 0 Å². The Morgan fingerprint density at radius 2 is 2.05 bits per heavy atom. The number of nitrogens with one attached hydrogen (secondary N) is 1. The number of likely N-dealkylation sites (tertiary alicyclic amines) is 1. The van der Waals surface area contributed by atoms with Gasteiger partial charge in [0.2, 0.25) is 0 Å². The third-order valence-electron chi connectivity index (χ3n) is 5.08. The number of benzene rings is 1. The summed E-state index contributed by atoms with van der Waals surface area (Å²) in [5.41, 5.74) is 2.59. The van der Waals surface area contributed by atoms with Crippen molar-refractivity contribution in [3.63, 3.8) is 0 Å². The van der Waals surface area contributed by atoms with Gasteiger partial charge in [-0.2, -0.15) is 0 Å². The van der Waals surface area contributed by atoms with Gasteiger partial charge in [0.1, 0.15) is 12.4 Å². The molecule has 0 saturated carbocycles. The highest BCUT2D eigenvalue weighted by molar-refractivity contribution is 5.59. The summed E-state index contributed by atoms with van der Waals surface area (Å²) in [4.78, 5) is 2.72. The van der Waals surface area contributed by atoms with Crippen molar-refractivity contribution >= 4 is 5.69 Å². The Kier molecular flexibility index (Phi) is 4.92. The molecule has 0 amide bonds. The summed E-state index contributed by atoms with van der Waals surface area (Å²) in [6.45, 7) is 11.3. The van der Waals surface area contributed by atoms with Crippen LogP contribution in [0.1, 0.15) is 39.2 Å². The van der Waals surface area contributed by atoms with Gasteiger partial charge in [-0.3, -0.25) is 4.90 Å². The smallest absolute Gasteiger partial charge is 0.142 e. The van der Waals surface area contributed by atoms with E-state index >= 15 is 0 Å². The first-order chi connectivity index (χ1) is 10.7. The third kappa shape index (κ3) is 3.57. The van der Waals surface area contributed by atoms with Crippen LogP contribution in [0.25, 0.3) is 0 Å².